The Balaban J connectivity index is 2.97. The summed E-state index contributed by atoms with van der Waals surface area (Å²) in [7, 11) is -1.22. The molecule has 0 saturated heterocycles. The van der Waals surface area contributed by atoms with Gasteiger partial charge in [-0.2, -0.15) is 0 Å². The quantitative estimate of drug-likeness (QED) is 0.490. The standard InChI is InChI=1S/C11H16NO6P/c1-8(11(13)19(16,17-2)18-3)9-4-6-10(7-5-9)12(14)15/h4-8,11,13H,1-3H3/t8-,11-/m0/s1. The average Bonchev–Trinajstić information content (AvgIpc) is 2.44. The minimum Gasteiger partial charge on any atom is -0.380 e. The number of benzene rings is 1. The Morgan fingerprint density at radius 2 is 1.74 bits per heavy atom. The van der Waals surface area contributed by atoms with Crippen molar-refractivity contribution < 1.29 is 23.6 Å². The maximum absolute atomic E-state index is 12.0. The summed E-state index contributed by atoms with van der Waals surface area (Å²) in [5.74, 6) is -1.89. The van der Waals surface area contributed by atoms with Gasteiger partial charge in [0.25, 0.3) is 5.69 Å². The number of aliphatic hydroxyl groups excluding tert-OH is 1. The fourth-order valence-corrected chi connectivity index (χ4v) is 2.94. The molecule has 0 aliphatic carbocycles. The van der Waals surface area contributed by atoms with Crippen LogP contribution in [0.15, 0.2) is 24.3 Å². The molecule has 0 bridgehead atoms. The topological polar surface area (TPSA) is 98.9 Å². The lowest BCUT2D eigenvalue weighted by atomic mass is 10.0. The molecule has 1 N–H and O–H groups in total. The summed E-state index contributed by atoms with van der Waals surface area (Å²) in [5.41, 5.74) is 0.555. The Morgan fingerprint density at radius 3 is 2.11 bits per heavy atom. The molecule has 0 radical (unpaired) electrons. The number of nitro groups is 1. The minimum absolute atomic E-state index is 0.0490. The molecule has 19 heavy (non-hydrogen) atoms. The monoisotopic (exact) mass is 289 g/mol. The summed E-state index contributed by atoms with van der Waals surface area (Å²) < 4.78 is 21.5. The number of non-ortho nitro benzene ring substituents is 1. The Bertz CT molecular complexity index is 480. The van der Waals surface area contributed by atoms with E-state index >= 15 is 0 Å². The predicted molar refractivity (Wildman–Crippen MR) is 69.1 cm³/mol. The highest BCUT2D eigenvalue weighted by atomic mass is 31.2. The van der Waals surface area contributed by atoms with Gasteiger partial charge in [0.05, 0.1) is 4.92 Å². The maximum Gasteiger partial charge on any atom is 0.358 e. The number of nitrogens with zero attached hydrogens (tertiary/aromatic N) is 1. The first-order valence-corrected chi connectivity index (χ1v) is 7.10. The second-order valence-electron chi connectivity index (χ2n) is 3.96. The van der Waals surface area contributed by atoms with Crippen LogP contribution < -0.4 is 0 Å². The zero-order valence-electron chi connectivity index (χ0n) is 10.8. The van der Waals surface area contributed by atoms with Gasteiger partial charge in [0.15, 0.2) is 5.85 Å². The van der Waals surface area contributed by atoms with Crippen LogP contribution in [-0.2, 0) is 13.6 Å². The van der Waals surface area contributed by atoms with Crippen LogP contribution in [-0.4, -0.2) is 30.1 Å². The molecule has 0 unspecified atom stereocenters. The molecule has 0 aliphatic rings. The Labute approximate surface area is 110 Å². The molecule has 7 nitrogen and oxygen atoms in total. The summed E-state index contributed by atoms with van der Waals surface area (Å²) in [5, 5.41) is 20.6. The molecule has 0 saturated carbocycles. The van der Waals surface area contributed by atoms with E-state index in [4.69, 9.17) is 9.05 Å². The molecular formula is C11H16NO6P. The van der Waals surface area contributed by atoms with Crippen molar-refractivity contribution in [3.05, 3.63) is 39.9 Å². The number of hydrogen-bond donors (Lipinski definition) is 1. The van der Waals surface area contributed by atoms with E-state index in [0.29, 0.717) is 5.56 Å². The van der Waals surface area contributed by atoms with Gasteiger partial charge in [-0.25, -0.2) is 0 Å². The predicted octanol–water partition coefficient (Wildman–Crippen LogP) is 2.50. The summed E-state index contributed by atoms with van der Waals surface area (Å²) in [6, 6.07) is 5.65. The number of nitro benzene ring substituents is 1. The van der Waals surface area contributed by atoms with Crippen LogP contribution in [0.2, 0.25) is 0 Å². The SMILES string of the molecule is COP(=O)(OC)[C@H](O)[C@@H](C)c1ccc([N+](=O)[O-])cc1. The Morgan fingerprint density at radius 1 is 1.26 bits per heavy atom. The number of aliphatic hydroxyl groups is 1. The smallest absolute Gasteiger partial charge is 0.358 e. The molecule has 2 atom stereocenters. The molecule has 8 heteroatoms. The zero-order valence-corrected chi connectivity index (χ0v) is 11.7. The lowest BCUT2D eigenvalue weighted by molar-refractivity contribution is -0.384. The van der Waals surface area contributed by atoms with Gasteiger partial charge in [0.2, 0.25) is 0 Å². The molecule has 0 heterocycles. The fraction of sp³-hybridized carbons (Fsp3) is 0.455. The zero-order chi connectivity index (χ0) is 14.6. The molecule has 0 aliphatic heterocycles. The highest BCUT2D eigenvalue weighted by molar-refractivity contribution is 7.54. The minimum atomic E-state index is -3.60. The normalized spacial score (nSPS) is 14.9. The molecule has 0 amide bonds. The maximum atomic E-state index is 12.0. The van der Waals surface area contributed by atoms with Crippen LogP contribution in [0.3, 0.4) is 0 Å². The van der Waals surface area contributed by atoms with Crippen molar-refractivity contribution in [1.29, 1.82) is 0 Å². The fourth-order valence-electron chi connectivity index (χ4n) is 1.64. The van der Waals surface area contributed by atoms with E-state index < -0.39 is 24.3 Å². The van der Waals surface area contributed by atoms with E-state index in [1.54, 1.807) is 6.92 Å². The first-order chi connectivity index (χ1) is 8.85. The van der Waals surface area contributed by atoms with Gasteiger partial charge < -0.3 is 14.2 Å². The molecule has 0 aromatic heterocycles. The van der Waals surface area contributed by atoms with E-state index in [1.165, 1.54) is 38.5 Å². The largest absolute Gasteiger partial charge is 0.380 e. The van der Waals surface area contributed by atoms with Crippen LogP contribution in [0.4, 0.5) is 5.69 Å². The molecule has 0 spiro atoms. The Kier molecular flexibility index (Phi) is 5.20. The van der Waals surface area contributed by atoms with Gasteiger partial charge in [-0.3, -0.25) is 14.7 Å². The average molecular weight is 289 g/mol. The van der Waals surface area contributed by atoms with Crippen LogP contribution in [0.25, 0.3) is 0 Å². The van der Waals surface area contributed by atoms with Gasteiger partial charge in [-0.1, -0.05) is 19.1 Å². The summed E-state index contributed by atoms with van der Waals surface area (Å²) in [6.45, 7) is 1.64. The molecule has 106 valence electrons. The van der Waals surface area contributed by atoms with Gasteiger partial charge in [0.1, 0.15) is 0 Å². The lowest BCUT2D eigenvalue weighted by Crippen LogP contribution is -2.18. The van der Waals surface area contributed by atoms with Gasteiger partial charge in [0, 0.05) is 32.3 Å². The van der Waals surface area contributed by atoms with Crippen molar-refractivity contribution in [3.63, 3.8) is 0 Å². The molecular weight excluding hydrogens is 273 g/mol. The van der Waals surface area contributed by atoms with Crippen molar-refractivity contribution in [2.45, 2.75) is 18.7 Å². The summed E-state index contributed by atoms with van der Waals surface area (Å²) >= 11 is 0. The Hall–Kier alpha value is -1.27. The summed E-state index contributed by atoms with van der Waals surface area (Å²) in [4.78, 5) is 10.0. The van der Waals surface area contributed by atoms with Crippen molar-refractivity contribution in [2.75, 3.05) is 14.2 Å². The highest BCUT2D eigenvalue weighted by Crippen LogP contribution is 2.54. The van der Waals surface area contributed by atoms with Gasteiger partial charge in [-0.05, 0) is 5.56 Å². The van der Waals surface area contributed by atoms with Crippen LogP contribution >= 0.6 is 7.60 Å². The van der Waals surface area contributed by atoms with E-state index in [1.807, 2.05) is 0 Å². The lowest BCUT2D eigenvalue weighted by Gasteiger charge is -2.25. The second-order valence-corrected chi connectivity index (χ2v) is 6.29. The summed E-state index contributed by atoms with van der Waals surface area (Å²) in [6.07, 6.45) is 0. The van der Waals surface area contributed by atoms with Crippen LogP contribution in [0.5, 0.6) is 0 Å². The molecule has 1 aromatic rings. The molecule has 0 fully saturated rings. The third-order valence-corrected chi connectivity index (χ3v) is 5.02. The first-order valence-electron chi connectivity index (χ1n) is 5.49. The van der Waals surface area contributed by atoms with Crippen LogP contribution in [0.1, 0.15) is 18.4 Å². The van der Waals surface area contributed by atoms with Crippen molar-refractivity contribution in [1.82, 2.24) is 0 Å². The first kappa shape index (κ1) is 15.8. The second kappa shape index (κ2) is 6.25. The third kappa shape index (κ3) is 3.39. The van der Waals surface area contributed by atoms with Crippen molar-refractivity contribution in [3.8, 4) is 0 Å². The van der Waals surface area contributed by atoms with Gasteiger partial charge in [-0.15, -0.1) is 0 Å². The molecule has 1 aromatic carbocycles. The highest BCUT2D eigenvalue weighted by Gasteiger charge is 2.37. The van der Waals surface area contributed by atoms with E-state index in [0.717, 1.165) is 0 Å². The third-order valence-electron chi connectivity index (χ3n) is 2.91. The number of hydrogen-bond acceptors (Lipinski definition) is 6. The van der Waals surface area contributed by atoms with Crippen molar-refractivity contribution >= 4 is 13.3 Å². The van der Waals surface area contributed by atoms with Gasteiger partial charge >= 0.3 is 7.60 Å². The van der Waals surface area contributed by atoms with E-state index in [9.17, 15) is 19.8 Å². The van der Waals surface area contributed by atoms with Crippen molar-refractivity contribution in [2.24, 2.45) is 0 Å². The van der Waals surface area contributed by atoms with E-state index in [2.05, 4.69) is 0 Å². The van der Waals surface area contributed by atoms with E-state index in [-0.39, 0.29) is 5.69 Å². The molecule has 1 rings (SSSR count). The number of rotatable bonds is 6. The van der Waals surface area contributed by atoms with Crippen LogP contribution in [0, 0.1) is 10.1 Å².